The quantitative estimate of drug-likeness (QED) is 0.432. The van der Waals surface area contributed by atoms with Gasteiger partial charge in [-0.25, -0.2) is 0 Å². The average molecular weight is 564 g/mol. The largest absolute Gasteiger partial charge is 0.573 e. The summed E-state index contributed by atoms with van der Waals surface area (Å²) in [7, 11) is 0. The van der Waals surface area contributed by atoms with Crippen LogP contribution < -0.4 is 20.5 Å². The van der Waals surface area contributed by atoms with Crippen molar-refractivity contribution >= 4 is 29.1 Å². The van der Waals surface area contributed by atoms with Crippen molar-refractivity contribution < 1.29 is 32.6 Å². The van der Waals surface area contributed by atoms with E-state index in [9.17, 15) is 32.7 Å². The lowest BCUT2D eigenvalue weighted by Crippen LogP contribution is -2.38. The van der Waals surface area contributed by atoms with Gasteiger partial charge < -0.3 is 24.6 Å². The van der Waals surface area contributed by atoms with E-state index in [0.29, 0.717) is 5.02 Å². The highest BCUT2D eigenvalue weighted by molar-refractivity contribution is 6.30. The van der Waals surface area contributed by atoms with Crippen molar-refractivity contribution in [1.82, 2.24) is 9.88 Å². The molecule has 12 heteroatoms. The normalized spacial score (nSPS) is 18.2. The van der Waals surface area contributed by atoms with Crippen molar-refractivity contribution in [2.45, 2.75) is 31.9 Å². The predicted molar refractivity (Wildman–Crippen MR) is 138 cm³/mol. The second-order valence-corrected chi connectivity index (χ2v) is 9.63. The van der Waals surface area contributed by atoms with E-state index in [0.717, 1.165) is 17.7 Å². The zero-order valence-electron chi connectivity index (χ0n) is 20.7. The van der Waals surface area contributed by atoms with Crippen LogP contribution in [-0.4, -0.2) is 47.0 Å². The number of carbonyl (C=O) groups is 2. The number of rotatable bonds is 8. The number of amides is 2. The van der Waals surface area contributed by atoms with Gasteiger partial charge in [0.05, 0.1) is 18.6 Å². The highest BCUT2D eigenvalue weighted by atomic mass is 35.5. The van der Waals surface area contributed by atoms with Gasteiger partial charge in [-0.3, -0.25) is 14.4 Å². The van der Waals surface area contributed by atoms with E-state index in [2.05, 4.69) is 10.1 Å². The molecule has 1 saturated heterocycles. The molecule has 0 saturated carbocycles. The van der Waals surface area contributed by atoms with Crippen LogP contribution in [0, 0.1) is 5.92 Å². The summed E-state index contributed by atoms with van der Waals surface area (Å²) in [5.41, 5.74) is 0.575. The van der Waals surface area contributed by atoms with Crippen molar-refractivity contribution in [3.05, 3.63) is 93.4 Å². The van der Waals surface area contributed by atoms with Gasteiger partial charge in [-0.05, 0) is 61.0 Å². The molecule has 1 fully saturated rings. The molecule has 1 aliphatic heterocycles. The number of ether oxygens (including phenoxy) is 1. The molecule has 206 valence electrons. The van der Waals surface area contributed by atoms with Gasteiger partial charge in [0.25, 0.3) is 11.5 Å². The molecule has 8 nitrogen and oxygen atoms in total. The summed E-state index contributed by atoms with van der Waals surface area (Å²) >= 11 is 6.03. The molecule has 1 aliphatic rings. The second-order valence-electron chi connectivity index (χ2n) is 9.20. The van der Waals surface area contributed by atoms with E-state index >= 15 is 0 Å². The molecular weight excluding hydrogens is 539 g/mol. The second kappa shape index (κ2) is 11.5. The van der Waals surface area contributed by atoms with E-state index < -0.39 is 41.5 Å². The van der Waals surface area contributed by atoms with Crippen LogP contribution in [0.2, 0.25) is 5.02 Å². The molecule has 0 aliphatic carbocycles. The zero-order chi connectivity index (χ0) is 28.3. The van der Waals surface area contributed by atoms with E-state index in [-0.39, 0.29) is 36.8 Å². The first-order valence-corrected chi connectivity index (χ1v) is 12.4. The Bertz CT molecular complexity index is 1390. The van der Waals surface area contributed by atoms with Crippen molar-refractivity contribution in [3.8, 4) is 5.75 Å². The maximum absolute atomic E-state index is 13.6. The Labute approximate surface area is 226 Å². The molecule has 0 spiro atoms. The standard InChI is InChI=1S/C27H25ClF3N3O5/c1-16(35)14-33-12-2-3-23(26(33)38)34-15-22(17-4-8-19(28)9-5-17)21(25(34)37)13-32-24(36)18-6-10-20(11-7-18)39-27(29,30)31/h2-12,16,21-22,35H,13-15H2,1H3,(H,32,36)/t16?,21?,22-/m0/s1. The number of hydrogen-bond acceptors (Lipinski definition) is 5. The van der Waals surface area contributed by atoms with E-state index in [1.807, 2.05) is 0 Å². The van der Waals surface area contributed by atoms with Gasteiger partial charge >= 0.3 is 6.36 Å². The van der Waals surface area contributed by atoms with Crippen LogP contribution in [0.3, 0.4) is 0 Å². The lowest BCUT2D eigenvalue weighted by atomic mass is 9.88. The van der Waals surface area contributed by atoms with Crippen LogP contribution >= 0.6 is 11.6 Å². The van der Waals surface area contributed by atoms with E-state index in [1.165, 1.54) is 33.9 Å². The van der Waals surface area contributed by atoms with Gasteiger partial charge in [0.15, 0.2) is 0 Å². The van der Waals surface area contributed by atoms with Gasteiger partial charge in [0, 0.05) is 35.8 Å². The topological polar surface area (TPSA) is 101 Å². The van der Waals surface area contributed by atoms with Crippen molar-refractivity contribution in [2.24, 2.45) is 5.92 Å². The Morgan fingerprint density at radius 1 is 1.13 bits per heavy atom. The predicted octanol–water partition coefficient (Wildman–Crippen LogP) is 3.96. The molecule has 2 unspecified atom stereocenters. The van der Waals surface area contributed by atoms with Gasteiger partial charge in [-0.1, -0.05) is 23.7 Å². The van der Waals surface area contributed by atoms with E-state index in [4.69, 9.17) is 11.6 Å². The minimum atomic E-state index is -4.85. The Balaban J connectivity index is 1.56. The number of alkyl halides is 3. The molecular formula is C27H25ClF3N3O5. The molecule has 4 rings (SSSR count). The van der Waals surface area contributed by atoms with Gasteiger partial charge in [-0.15, -0.1) is 13.2 Å². The van der Waals surface area contributed by atoms with Crippen molar-refractivity contribution in [1.29, 1.82) is 0 Å². The Hall–Kier alpha value is -3.83. The monoisotopic (exact) mass is 563 g/mol. The molecule has 0 radical (unpaired) electrons. The average Bonchev–Trinajstić information content (AvgIpc) is 3.19. The molecule has 2 aromatic carbocycles. The molecule has 2 heterocycles. The van der Waals surface area contributed by atoms with Crippen LogP contribution in [0.5, 0.6) is 5.75 Å². The smallest absolute Gasteiger partial charge is 0.406 e. The number of aromatic nitrogens is 1. The van der Waals surface area contributed by atoms with Crippen LogP contribution in [0.1, 0.15) is 28.8 Å². The molecule has 2 amide bonds. The minimum absolute atomic E-state index is 0.0571. The SMILES string of the molecule is CC(O)Cn1cccc(N2C[C@@H](c3ccc(Cl)cc3)C(CNC(=O)c3ccc(OC(F)(F)F)cc3)C2=O)c1=O. The maximum Gasteiger partial charge on any atom is 0.573 e. The number of nitrogens with zero attached hydrogens (tertiary/aromatic N) is 2. The van der Waals surface area contributed by atoms with E-state index in [1.54, 1.807) is 37.3 Å². The minimum Gasteiger partial charge on any atom is -0.406 e. The fraction of sp³-hybridized carbons (Fsp3) is 0.296. The summed E-state index contributed by atoms with van der Waals surface area (Å²) in [6.45, 7) is 1.68. The lowest BCUT2D eigenvalue weighted by molar-refractivity contribution is -0.274. The van der Waals surface area contributed by atoms with Gasteiger partial charge in [0.2, 0.25) is 5.91 Å². The third-order valence-corrected chi connectivity index (χ3v) is 6.58. The lowest BCUT2D eigenvalue weighted by Gasteiger charge is -2.18. The van der Waals surface area contributed by atoms with Crippen molar-refractivity contribution in [3.63, 3.8) is 0 Å². The molecule has 39 heavy (non-hydrogen) atoms. The first-order valence-electron chi connectivity index (χ1n) is 12.0. The van der Waals surface area contributed by atoms with Crippen LogP contribution in [0.4, 0.5) is 18.9 Å². The van der Waals surface area contributed by atoms with Gasteiger partial charge in [-0.2, -0.15) is 0 Å². The summed E-state index contributed by atoms with van der Waals surface area (Å²) in [6, 6.07) is 14.5. The van der Waals surface area contributed by atoms with Crippen LogP contribution in [-0.2, 0) is 11.3 Å². The number of hydrogen-bond donors (Lipinski definition) is 2. The summed E-state index contributed by atoms with van der Waals surface area (Å²) in [6.07, 6.45) is -4.10. The summed E-state index contributed by atoms with van der Waals surface area (Å²) in [5.74, 6) is -2.58. The first kappa shape index (κ1) is 28.2. The number of pyridine rings is 1. The molecule has 0 bridgehead atoms. The molecule has 2 N–H and O–H groups in total. The number of halogens is 4. The summed E-state index contributed by atoms with van der Waals surface area (Å²) < 4.78 is 42.4. The van der Waals surface area contributed by atoms with Gasteiger partial charge in [0.1, 0.15) is 11.4 Å². The summed E-state index contributed by atoms with van der Waals surface area (Å²) in [4.78, 5) is 40.8. The molecule has 3 aromatic rings. The highest BCUT2D eigenvalue weighted by Crippen LogP contribution is 2.36. The Morgan fingerprint density at radius 2 is 1.79 bits per heavy atom. The summed E-state index contributed by atoms with van der Waals surface area (Å²) in [5, 5.41) is 12.9. The fourth-order valence-electron chi connectivity index (χ4n) is 4.55. The third-order valence-electron chi connectivity index (χ3n) is 6.33. The maximum atomic E-state index is 13.6. The molecule has 3 atom stereocenters. The van der Waals surface area contributed by atoms with Crippen LogP contribution in [0.15, 0.2) is 71.7 Å². The number of carbonyl (C=O) groups excluding carboxylic acids is 2. The number of anilines is 1. The fourth-order valence-corrected chi connectivity index (χ4v) is 4.68. The van der Waals surface area contributed by atoms with Crippen molar-refractivity contribution in [2.75, 3.05) is 18.0 Å². The molecule has 1 aromatic heterocycles. The number of benzene rings is 2. The third kappa shape index (κ3) is 6.79. The zero-order valence-corrected chi connectivity index (χ0v) is 21.4. The number of nitrogens with one attached hydrogen (secondary N) is 1. The number of aliphatic hydroxyl groups is 1. The number of aliphatic hydroxyl groups excluding tert-OH is 1. The first-order chi connectivity index (χ1) is 18.4. The van der Waals surface area contributed by atoms with Crippen LogP contribution in [0.25, 0.3) is 0 Å². The Kier molecular flexibility index (Phi) is 8.31. The highest BCUT2D eigenvalue weighted by Gasteiger charge is 2.42. The Morgan fingerprint density at radius 3 is 2.41 bits per heavy atom.